The van der Waals surface area contributed by atoms with Gasteiger partial charge >= 0.3 is 6.03 Å². The summed E-state index contributed by atoms with van der Waals surface area (Å²) in [5, 5.41) is 13.4. The van der Waals surface area contributed by atoms with Gasteiger partial charge in [-0.1, -0.05) is 32.4 Å². The largest absolute Gasteiger partial charge is 0.493 e. The molecule has 0 atom stereocenters. The van der Waals surface area contributed by atoms with Crippen molar-refractivity contribution in [3.05, 3.63) is 64.9 Å². The lowest BCUT2D eigenvalue weighted by Crippen LogP contribution is -2.53. The molecule has 1 aliphatic heterocycles. The number of ether oxygens (including phenoxy) is 2. The van der Waals surface area contributed by atoms with Gasteiger partial charge in [0.25, 0.3) is 5.91 Å². The average molecular weight is 677 g/mol. The minimum absolute atomic E-state index is 0.161. The van der Waals surface area contributed by atoms with Gasteiger partial charge < -0.3 is 25.4 Å². The van der Waals surface area contributed by atoms with Crippen LogP contribution in [0.1, 0.15) is 64.0 Å². The number of amides is 3. The Morgan fingerprint density at radius 3 is 2.38 bits per heavy atom. The maximum absolute atomic E-state index is 12.6. The fraction of sp³-hybridized carbons (Fsp3) is 0.429. The first-order chi connectivity index (χ1) is 22.7. The number of nitrogens with two attached hydrogens (primary N) is 1. The molecule has 0 spiro atoms. The molecule has 5 rings (SSSR count). The number of nitrogens with one attached hydrogen (secondary N) is 3. The van der Waals surface area contributed by atoms with Gasteiger partial charge in [0, 0.05) is 73.5 Å². The SMILES string of the molecule is CC(C)(C)c1cc(NC(=O)Nc2ccc(Oc3ccnc4cc(OCCCN5CCN(C(C)(C)C)CC5)c(C(N)=O)cc34)cc2Cl)[nH]n1. The topological polar surface area (TPSA) is 151 Å². The number of benzene rings is 2. The van der Waals surface area contributed by atoms with E-state index in [2.05, 4.69) is 56.4 Å². The molecule has 3 heterocycles. The molecule has 0 radical (unpaired) electrons. The number of pyridine rings is 1. The van der Waals surface area contributed by atoms with Crippen molar-refractivity contribution >= 4 is 45.9 Å². The molecule has 3 amide bonds. The fourth-order valence-electron chi connectivity index (χ4n) is 5.50. The van der Waals surface area contributed by atoms with Gasteiger partial charge in [0.15, 0.2) is 0 Å². The Morgan fingerprint density at radius 1 is 0.979 bits per heavy atom. The summed E-state index contributed by atoms with van der Waals surface area (Å²) in [6.07, 6.45) is 2.43. The highest BCUT2D eigenvalue weighted by atomic mass is 35.5. The molecule has 0 aliphatic carbocycles. The number of carbonyl (C=O) groups excluding carboxylic acids is 2. The number of rotatable bonds is 10. The second-order valence-electron chi connectivity index (χ2n) is 14.0. The first-order valence-corrected chi connectivity index (χ1v) is 16.5. The van der Waals surface area contributed by atoms with Crippen molar-refractivity contribution < 1.29 is 19.1 Å². The van der Waals surface area contributed by atoms with Gasteiger partial charge in [-0.05, 0) is 51.5 Å². The molecule has 0 unspecified atom stereocenters. The lowest BCUT2D eigenvalue weighted by Gasteiger charge is -2.42. The molecule has 2 aromatic carbocycles. The highest BCUT2D eigenvalue weighted by Crippen LogP contribution is 2.35. The average Bonchev–Trinajstić information content (AvgIpc) is 3.49. The maximum Gasteiger partial charge on any atom is 0.324 e. The van der Waals surface area contributed by atoms with Crippen molar-refractivity contribution in [3.8, 4) is 17.2 Å². The molecular formula is C35H45ClN8O4. The number of carbonyl (C=O) groups is 2. The number of hydrogen-bond donors (Lipinski definition) is 4. The molecule has 1 saturated heterocycles. The van der Waals surface area contributed by atoms with E-state index < -0.39 is 11.9 Å². The zero-order chi connectivity index (χ0) is 34.6. The van der Waals surface area contributed by atoms with Crippen LogP contribution in [0.4, 0.5) is 16.3 Å². The molecular weight excluding hydrogens is 632 g/mol. The summed E-state index contributed by atoms with van der Waals surface area (Å²) in [4.78, 5) is 34.5. The number of halogens is 1. The van der Waals surface area contributed by atoms with Crippen molar-refractivity contribution in [2.45, 2.75) is 58.9 Å². The van der Waals surface area contributed by atoms with E-state index in [0.29, 0.717) is 46.3 Å². The van der Waals surface area contributed by atoms with E-state index in [4.69, 9.17) is 26.8 Å². The third kappa shape index (κ3) is 8.74. The van der Waals surface area contributed by atoms with Crippen LogP contribution in [-0.2, 0) is 5.41 Å². The van der Waals surface area contributed by atoms with Crippen LogP contribution >= 0.6 is 11.6 Å². The second kappa shape index (κ2) is 14.4. The molecule has 13 heteroatoms. The smallest absolute Gasteiger partial charge is 0.324 e. The number of piperazine rings is 1. The Morgan fingerprint density at radius 2 is 1.73 bits per heavy atom. The van der Waals surface area contributed by atoms with Gasteiger partial charge in [-0.2, -0.15) is 5.10 Å². The number of anilines is 2. The Labute approximate surface area is 286 Å². The molecule has 12 nitrogen and oxygen atoms in total. The van der Waals surface area contributed by atoms with Crippen LogP contribution < -0.4 is 25.8 Å². The quantitative estimate of drug-likeness (QED) is 0.137. The van der Waals surface area contributed by atoms with Gasteiger partial charge in [0.05, 0.1) is 34.1 Å². The lowest BCUT2D eigenvalue weighted by atomic mass is 9.92. The maximum atomic E-state index is 12.6. The summed E-state index contributed by atoms with van der Waals surface area (Å²) in [5.74, 6) is 1.12. The Kier molecular flexibility index (Phi) is 10.5. The minimum atomic E-state index is -0.610. The predicted molar refractivity (Wildman–Crippen MR) is 190 cm³/mol. The van der Waals surface area contributed by atoms with E-state index in [1.807, 2.05) is 20.8 Å². The summed E-state index contributed by atoms with van der Waals surface area (Å²) < 4.78 is 12.2. The lowest BCUT2D eigenvalue weighted by molar-refractivity contribution is 0.0601. The molecule has 1 aliphatic rings. The third-order valence-electron chi connectivity index (χ3n) is 8.28. The summed E-state index contributed by atoms with van der Waals surface area (Å²) in [7, 11) is 0. The Balaban J connectivity index is 1.21. The molecule has 0 bridgehead atoms. The first-order valence-electron chi connectivity index (χ1n) is 16.1. The highest BCUT2D eigenvalue weighted by molar-refractivity contribution is 6.34. The number of nitrogens with zero attached hydrogens (tertiary/aromatic N) is 4. The van der Waals surface area contributed by atoms with E-state index in [1.165, 1.54) is 0 Å². The van der Waals surface area contributed by atoms with Crippen molar-refractivity contribution in [2.24, 2.45) is 5.73 Å². The number of aromatic amines is 1. The third-order valence-corrected chi connectivity index (χ3v) is 8.59. The molecule has 256 valence electrons. The van der Waals surface area contributed by atoms with Crippen LogP contribution in [0.15, 0.2) is 48.7 Å². The van der Waals surface area contributed by atoms with Crippen LogP contribution in [0.5, 0.6) is 17.2 Å². The summed E-state index contributed by atoms with van der Waals surface area (Å²) in [6.45, 7) is 18.4. The molecule has 5 N–H and O–H groups in total. The summed E-state index contributed by atoms with van der Waals surface area (Å²) in [5.41, 5.74) is 7.83. The second-order valence-corrected chi connectivity index (χ2v) is 14.4. The van der Waals surface area contributed by atoms with Crippen LogP contribution in [0, 0.1) is 0 Å². The Hall–Kier alpha value is -4.39. The molecule has 2 aromatic heterocycles. The molecule has 0 saturated carbocycles. The zero-order valence-corrected chi connectivity index (χ0v) is 29.2. The summed E-state index contributed by atoms with van der Waals surface area (Å²) in [6, 6.07) is 11.3. The van der Waals surface area contributed by atoms with Crippen LogP contribution in [0.2, 0.25) is 5.02 Å². The van der Waals surface area contributed by atoms with Gasteiger partial charge in [0.2, 0.25) is 0 Å². The highest BCUT2D eigenvalue weighted by Gasteiger charge is 2.25. The zero-order valence-electron chi connectivity index (χ0n) is 28.4. The van der Waals surface area contributed by atoms with Crippen molar-refractivity contribution in [2.75, 3.05) is 50.0 Å². The fourth-order valence-corrected chi connectivity index (χ4v) is 5.71. The van der Waals surface area contributed by atoms with Gasteiger partial charge in [-0.15, -0.1) is 0 Å². The monoisotopic (exact) mass is 676 g/mol. The van der Waals surface area contributed by atoms with Gasteiger partial charge in [0.1, 0.15) is 23.1 Å². The molecule has 1 fully saturated rings. The molecule has 4 aromatic rings. The van der Waals surface area contributed by atoms with Crippen LogP contribution in [0.3, 0.4) is 0 Å². The van der Waals surface area contributed by atoms with E-state index in [-0.39, 0.29) is 21.5 Å². The Bertz CT molecular complexity index is 1770. The van der Waals surface area contributed by atoms with Crippen molar-refractivity contribution in [3.63, 3.8) is 0 Å². The number of H-pyrrole nitrogens is 1. The van der Waals surface area contributed by atoms with E-state index >= 15 is 0 Å². The van der Waals surface area contributed by atoms with Gasteiger partial charge in [-0.3, -0.25) is 25.1 Å². The van der Waals surface area contributed by atoms with Crippen LogP contribution in [0.25, 0.3) is 10.9 Å². The van der Waals surface area contributed by atoms with Gasteiger partial charge in [-0.25, -0.2) is 4.79 Å². The predicted octanol–water partition coefficient (Wildman–Crippen LogP) is 6.63. The van der Waals surface area contributed by atoms with E-state index in [9.17, 15) is 9.59 Å². The van der Waals surface area contributed by atoms with Crippen LogP contribution in [-0.4, -0.2) is 81.8 Å². The van der Waals surface area contributed by atoms with E-state index in [1.54, 1.807) is 48.7 Å². The normalized spacial score (nSPS) is 14.6. The molecule has 48 heavy (non-hydrogen) atoms. The first kappa shape index (κ1) is 34.9. The number of hydrogen-bond acceptors (Lipinski definition) is 8. The van der Waals surface area contributed by atoms with E-state index in [0.717, 1.165) is 44.8 Å². The van der Waals surface area contributed by atoms with Crippen molar-refractivity contribution in [1.82, 2.24) is 25.0 Å². The number of aromatic nitrogens is 3. The number of primary amides is 1. The minimum Gasteiger partial charge on any atom is -0.493 e. The number of fused-ring (bicyclic) bond motifs is 1. The summed E-state index contributed by atoms with van der Waals surface area (Å²) >= 11 is 6.51. The standard InChI is InChI=1S/C35H45ClN8O4/c1-34(2,3)30-21-31(42-41-30)40-33(46)39-26-9-8-22(18-25(26)36)48-28-10-11-38-27-20-29(24(32(37)45)19-23(27)28)47-17-7-12-43-13-15-44(16-14-43)35(4,5)6/h8-11,18-21H,7,12-17H2,1-6H3,(H2,37,45)(H3,39,40,41,42,46). The number of urea groups is 1. The van der Waals surface area contributed by atoms with Crippen molar-refractivity contribution in [1.29, 1.82) is 0 Å².